The number of aromatic nitrogens is 3. The van der Waals surface area contributed by atoms with Gasteiger partial charge in [0.2, 0.25) is 0 Å². The van der Waals surface area contributed by atoms with Crippen molar-refractivity contribution < 1.29 is 5.48 Å². The summed E-state index contributed by atoms with van der Waals surface area (Å²) >= 11 is 11.5. The molecule has 3 rings (SSSR count). The molecule has 4 nitrogen and oxygen atoms in total. The number of para-hydroxylation sites is 1. The molecule has 0 atom stereocenters. The molecule has 0 radical (unpaired) electrons. The summed E-state index contributed by atoms with van der Waals surface area (Å²) in [6.45, 7) is 0. The number of rotatable bonds is 2. The number of aromatic amines is 1. The van der Waals surface area contributed by atoms with Crippen molar-refractivity contribution in [3.8, 4) is 17.1 Å². The molecule has 0 bridgehead atoms. The molecule has 0 aliphatic heterocycles. The standard InChI is InChI=1S/C14H10ClN3S.H2O/c15-12-9-5-4-8-11(12)13-16-17-14(19)18(13)10-6-2-1-3-7-10;/h1-9H,(H,17,19);1H2. The Labute approximate surface area is 126 Å². The number of hydrogen-bond acceptors (Lipinski definition) is 2. The van der Waals surface area contributed by atoms with E-state index in [1.54, 1.807) is 0 Å². The third-order valence-corrected chi connectivity index (χ3v) is 3.40. The second kappa shape index (κ2) is 6.00. The minimum atomic E-state index is 0. The van der Waals surface area contributed by atoms with Gasteiger partial charge in [-0.05, 0) is 36.5 Å². The fourth-order valence-corrected chi connectivity index (χ4v) is 2.39. The zero-order valence-electron chi connectivity index (χ0n) is 10.4. The average molecular weight is 306 g/mol. The highest BCUT2D eigenvalue weighted by Gasteiger charge is 2.12. The first-order valence-electron chi connectivity index (χ1n) is 5.75. The molecule has 1 heterocycles. The molecule has 0 unspecified atom stereocenters. The summed E-state index contributed by atoms with van der Waals surface area (Å²) in [7, 11) is 0. The highest BCUT2D eigenvalue weighted by atomic mass is 35.5. The van der Waals surface area contributed by atoms with Crippen molar-refractivity contribution in [2.45, 2.75) is 0 Å². The van der Waals surface area contributed by atoms with Crippen LogP contribution in [0.1, 0.15) is 0 Å². The maximum Gasteiger partial charge on any atom is 0.200 e. The van der Waals surface area contributed by atoms with E-state index in [1.165, 1.54) is 0 Å². The van der Waals surface area contributed by atoms with Crippen molar-refractivity contribution in [2.24, 2.45) is 0 Å². The van der Waals surface area contributed by atoms with E-state index < -0.39 is 0 Å². The van der Waals surface area contributed by atoms with Gasteiger partial charge in [-0.25, -0.2) is 0 Å². The van der Waals surface area contributed by atoms with Crippen LogP contribution in [0.5, 0.6) is 0 Å². The number of H-pyrrole nitrogens is 1. The second-order valence-corrected chi connectivity index (χ2v) is 4.80. The Kier molecular flexibility index (Phi) is 4.34. The molecular weight excluding hydrogens is 294 g/mol. The molecule has 1 aromatic heterocycles. The van der Waals surface area contributed by atoms with E-state index in [1.807, 2.05) is 59.2 Å². The van der Waals surface area contributed by atoms with Crippen LogP contribution in [0.2, 0.25) is 5.02 Å². The lowest BCUT2D eigenvalue weighted by molar-refractivity contribution is 0.824. The molecule has 0 saturated heterocycles. The molecular formula is C14H12ClN3OS. The van der Waals surface area contributed by atoms with E-state index in [9.17, 15) is 0 Å². The van der Waals surface area contributed by atoms with Crippen molar-refractivity contribution >= 4 is 23.8 Å². The highest BCUT2D eigenvalue weighted by molar-refractivity contribution is 7.71. The van der Waals surface area contributed by atoms with E-state index in [-0.39, 0.29) is 5.48 Å². The van der Waals surface area contributed by atoms with Crippen LogP contribution in [-0.2, 0) is 0 Å². The molecule has 2 aromatic carbocycles. The normalized spacial score (nSPS) is 10.1. The zero-order chi connectivity index (χ0) is 13.2. The smallest absolute Gasteiger partial charge is 0.200 e. The van der Waals surface area contributed by atoms with Gasteiger partial charge in [0.05, 0.1) is 5.02 Å². The Morgan fingerprint density at radius 1 is 1.00 bits per heavy atom. The first kappa shape index (κ1) is 14.5. The van der Waals surface area contributed by atoms with Crippen LogP contribution in [0.25, 0.3) is 17.1 Å². The third kappa shape index (κ3) is 2.51. The highest BCUT2D eigenvalue weighted by Crippen LogP contribution is 2.27. The molecule has 6 heteroatoms. The van der Waals surface area contributed by atoms with Gasteiger partial charge >= 0.3 is 0 Å². The molecule has 0 aliphatic carbocycles. The fraction of sp³-hybridized carbons (Fsp3) is 0. The SMILES string of the molecule is O.S=c1[nH]nc(-c2ccccc2Cl)n1-c1ccccc1. The van der Waals surface area contributed by atoms with Crippen LogP contribution < -0.4 is 0 Å². The minimum Gasteiger partial charge on any atom is -0.412 e. The van der Waals surface area contributed by atoms with Gasteiger partial charge in [0, 0.05) is 11.3 Å². The number of nitrogens with zero attached hydrogens (tertiary/aromatic N) is 2. The molecule has 0 fully saturated rings. The van der Waals surface area contributed by atoms with Crippen LogP contribution in [0.3, 0.4) is 0 Å². The molecule has 3 N–H and O–H groups in total. The number of nitrogens with one attached hydrogen (secondary N) is 1. The lowest BCUT2D eigenvalue weighted by Gasteiger charge is -2.07. The van der Waals surface area contributed by atoms with Crippen LogP contribution >= 0.6 is 23.8 Å². The van der Waals surface area contributed by atoms with Crippen molar-refractivity contribution in [2.75, 3.05) is 0 Å². The minimum absolute atomic E-state index is 0. The van der Waals surface area contributed by atoms with Gasteiger partial charge in [0.25, 0.3) is 0 Å². The first-order valence-corrected chi connectivity index (χ1v) is 6.54. The Morgan fingerprint density at radius 3 is 2.35 bits per heavy atom. The summed E-state index contributed by atoms with van der Waals surface area (Å²) in [4.78, 5) is 0. The molecule has 3 aromatic rings. The van der Waals surface area contributed by atoms with Crippen molar-refractivity contribution in [3.63, 3.8) is 0 Å². The lowest BCUT2D eigenvalue weighted by atomic mass is 10.2. The summed E-state index contributed by atoms with van der Waals surface area (Å²) in [6, 6.07) is 17.4. The molecule has 0 spiro atoms. The predicted molar refractivity (Wildman–Crippen MR) is 82.8 cm³/mol. The van der Waals surface area contributed by atoms with Gasteiger partial charge in [-0.2, -0.15) is 5.10 Å². The Balaban J connectivity index is 0.00000147. The number of benzene rings is 2. The molecule has 0 saturated carbocycles. The Hall–Kier alpha value is -1.95. The summed E-state index contributed by atoms with van der Waals surface area (Å²) in [6.07, 6.45) is 0. The largest absolute Gasteiger partial charge is 0.412 e. The fourth-order valence-electron chi connectivity index (χ4n) is 1.94. The predicted octanol–water partition coefficient (Wildman–Crippen LogP) is 3.43. The van der Waals surface area contributed by atoms with Crippen molar-refractivity contribution in [1.29, 1.82) is 0 Å². The molecule has 20 heavy (non-hydrogen) atoms. The maximum absolute atomic E-state index is 6.23. The van der Waals surface area contributed by atoms with Gasteiger partial charge in [-0.15, -0.1) is 0 Å². The van der Waals surface area contributed by atoms with Gasteiger partial charge in [-0.1, -0.05) is 41.9 Å². The monoisotopic (exact) mass is 305 g/mol. The van der Waals surface area contributed by atoms with E-state index in [0.29, 0.717) is 15.6 Å². The summed E-state index contributed by atoms with van der Waals surface area (Å²) in [5.74, 6) is 0.710. The number of halogens is 1. The lowest BCUT2D eigenvalue weighted by Crippen LogP contribution is -1.97. The van der Waals surface area contributed by atoms with Crippen LogP contribution in [0.15, 0.2) is 54.6 Å². The first-order chi connectivity index (χ1) is 9.27. The molecule has 0 amide bonds. The van der Waals surface area contributed by atoms with Crippen LogP contribution in [0, 0.1) is 4.77 Å². The van der Waals surface area contributed by atoms with E-state index >= 15 is 0 Å². The van der Waals surface area contributed by atoms with Gasteiger partial charge in [0.15, 0.2) is 10.6 Å². The quantitative estimate of drug-likeness (QED) is 0.737. The van der Waals surface area contributed by atoms with Crippen molar-refractivity contribution in [3.05, 3.63) is 64.4 Å². The average Bonchev–Trinajstić information content (AvgIpc) is 2.82. The van der Waals surface area contributed by atoms with E-state index in [4.69, 9.17) is 23.8 Å². The van der Waals surface area contributed by atoms with E-state index in [0.717, 1.165) is 11.3 Å². The topological polar surface area (TPSA) is 65.1 Å². The summed E-state index contributed by atoms with van der Waals surface area (Å²) in [5, 5.41) is 7.75. The van der Waals surface area contributed by atoms with Gasteiger partial charge in [-0.3, -0.25) is 9.67 Å². The van der Waals surface area contributed by atoms with Crippen LogP contribution in [0.4, 0.5) is 0 Å². The summed E-state index contributed by atoms with van der Waals surface area (Å²) < 4.78 is 2.41. The second-order valence-electron chi connectivity index (χ2n) is 4.00. The van der Waals surface area contributed by atoms with Crippen LogP contribution in [-0.4, -0.2) is 20.2 Å². The van der Waals surface area contributed by atoms with Gasteiger partial charge in [0.1, 0.15) is 0 Å². The van der Waals surface area contributed by atoms with Crippen molar-refractivity contribution in [1.82, 2.24) is 14.8 Å². The van der Waals surface area contributed by atoms with Gasteiger partial charge < -0.3 is 5.48 Å². The zero-order valence-corrected chi connectivity index (χ0v) is 11.9. The third-order valence-electron chi connectivity index (χ3n) is 2.80. The molecule has 0 aliphatic rings. The Bertz CT molecular complexity index is 767. The van der Waals surface area contributed by atoms with E-state index in [2.05, 4.69) is 10.2 Å². The molecule has 102 valence electrons. The maximum atomic E-state index is 6.23. The number of hydrogen-bond donors (Lipinski definition) is 1. The Morgan fingerprint density at radius 2 is 1.65 bits per heavy atom. The summed E-state index contributed by atoms with van der Waals surface area (Å²) in [5.41, 5.74) is 1.80.